The standard InChI is InChI=1S/C6H11O7P.2Na/c1-12-6(8)3-2-5(7)4-13-14(9,10)11;;/h2-4H2,1H3,(H2,9,10,11);;/q;2*+1/p-2. The van der Waals surface area contributed by atoms with Crippen molar-refractivity contribution in [1.82, 2.24) is 0 Å². The van der Waals surface area contributed by atoms with Gasteiger partial charge in [-0.25, -0.2) is 0 Å². The number of hydrogen-bond donors (Lipinski definition) is 0. The van der Waals surface area contributed by atoms with Crippen molar-refractivity contribution < 1.29 is 92.3 Å². The summed E-state index contributed by atoms with van der Waals surface area (Å²) in [5.74, 6) is -1.24. The zero-order chi connectivity index (χ0) is 11.2. The van der Waals surface area contributed by atoms with Crippen molar-refractivity contribution in [1.29, 1.82) is 0 Å². The van der Waals surface area contributed by atoms with Crippen LogP contribution < -0.4 is 68.9 Å². The predicted molar refractivity (Wildman–Crippen MR) is 39.8 cm³/mol. The van der Waals surface area contributed by atoms with Crippen molar-refractivity contribution >= 4 is 19.6 Å². The quantitative estimate of drug-likeness (QED) is 0.267. The molecule has 0 unspecified atom stereocenters. The Labute approximate surface area is 137 Å². The number of esters is 1. The minimum atomic E-state index is -5.11. The largest absolute Gasteiger partial charge is 1.00 e. The molecule has 0 N–H and O–H groups in total. The first-order valence-electron chi connectivity index (χ1n) is 3.60. The Morgan fingerprint density at radius 1 is 1.19 bits per heavy atom. The molecule has 0 aromatic heterocycles. The average Bonchev–Trinajstić information content (AvgIpc) is 2.09. The van der Waals surface area contributed by atoms with Gasteiger partial charge in [0.05, 0.1) is 21.4 Å². The molecule has 0 rings (SSSR count). The minimum Gasteiger partial charge on any atom is -0.790 e. The summed E-state index contributed by atoms with van der Waals surface area (Å²) >= 11 is 0. The van der Waals surface area contributed by atoms with Crippen LogP contribution in [0.4, 0.5) is 0 Å². The summed E-state index contributed by atoms with van der Waals surface area (Å²) in [7, 11) is -3.95. The Morgan fingerprint density at radius 3 is 2.06 bits per heavy atom. The first kappa shape index (κ1) is 22.4. The molecule has 16 heavy (non-hydrogen) atoms. The molecule has 0 aromatic carbocycles. The summed E-state index contributed by atoms with van der Waals surface area (Å²) in [4.78, 5) is 41.2. The van der Waals surface area contributed by atoms with Gasteiger partial charge in [-0.2, -0.15) is 0 Å². The zero-order valence-electron chi connectivity index (χ0n) is 9.43. The number of phosphoric acid groups is 1. The first-order chi connectivity index (χ1) is 6.35. The summed E-state index contributed by atoms with van der Waals surface area (Å²) in [5, 5.41) is 0. The molecule has 0 aliphatic carbocycles. The van der Waals surface area contributed by atoms with E-state index in [0.29, 0.717) is 0 Å². The topological polar surface area (TPSA) is 116 Å². The number of rotatable bonds is 6. The molecule has 0 saturated heterocycles. The Morgan fingerprint density at radius 2 is 1.69 bits per heavy atom. The number of ether oxygens (including phenoxy) is 1. The van der Waals surface area contributed by atoms with E-state index in [9.17, 15) is 23.9 Å². The molecule has 0 amide bonds. The molecule has 0 aromatic rings. The summed E-state index contributed by atoms with van der Waals surface area (Å²) in [6.07, 6.45) is -0.382. The van der Waals surface area contributed by atoms with E-state index in [1.165, 1.54) is 0 Å². The fraction of sp³-hybridized carbons (Fsp3) is 0.667. The summed E-state index contributed by atoms with van der Waals surface area (Å²) < 4.78 is 17.9. The minimum absolute atomic E-state index is 0. The average molecular weight is 270 g/mol. The molecule has 10 heteroatoms. The second-order valence-corrected chi connectivity index (χ2v) is 3.49. The Kier molecular flexibility index (Phi) is 15.9. The molecule has 0 fully saturated rings. The van der Waals surface area contributed by atoms with E-state index in [1.807, 2.05) is 0 Å². The van der Waals surface area contributed by atoms with Crippen LogP contribution in [0.5, 0.6) is 0 Å². The van der Waals surface area contributed by atoms with Crippen LogP contribution >= 0.6 is 7.82 Å². The molecule has 0 aliphatic heterocycles. The van der Waals surface area contributed by atoms with E-state index in [0.717, 1.165) is 7.11 Å². The summed E-state index contributed by atoms with van der Waals surface area (Å²) in [5.41, 5.74) is 0. The molecule has 0 spiro atoms. The van der Waals surface area contributed by atoms with E-state index < -0.39 is 26.2 Å². The number of hydrogen-bond acceptors (Lipinski definition) is 7. The third-order valence-electron chi connectivity index (χ3n) is 1.22. The number of carbonyl (C=O) groups excluding carboxylic acids is 2. The number of methoxy groups -OCH3 is 1. The molecule has 0 aliphatic rings. The number of ketones is 1. The zero-order valence-corrected chi connectivity index (χ0v) is 14.3. The van der Waals surface area contributed by atoms with E-state index in [2.05, 4.69) is 9.26 Å². The van der Waals surface area contributed by atoms with Crippen LogP contribution in [-0.4, -0.2) is 25.5 Å². The van der Waals surface area contributed by atoms with E-state index in [1.54, 1.807) is 0 Å². The van der Waals surface area contributed by atoms with Crippen molar-refractivity contribution in [2.75, 3.05) is 13.7 Å². The van der Waals surface area contributed by atoms with Crippen LogP contribution in [0, 0.1) is 0 Å². The van der Waals surface area contributed by atoms with E-state index >= 15 is 0 Å². The van der Waals surface area contributed by atoms with Crippen LogP contribution in [0.3, 0.4) is 0 Å². The van der Waals surface area contributed by atoms with Gasteiger partial charge in [0.2, 0.25) is 0 Å². The second kappa shape index (κ2) is 11.3. The molecule has 0 bridgehead atoms. The van der Waals surface area contributed by atoms with Gasteiger partial charge in [-0.15, -0.1) is 0 Å². The summed E-state index contributed by atoms with van der Waals surface area (Å²) in [6, 6.07) is 0. The predicted octanol–water partition coefficient (Wildman–Crippen LogP) is -7.64. The van der Waals surface area contributed by atoms with Crippen LogP contribution in [0.2, 0.25) is 0 Å². The van der Waals surface area contributed by atoms with Crippen molar-refractivity contribution in [3.63, 3.8) is 0 Å². The van der Waals surface area contributed by atoms with E-state index in [-0.39, 0.29) is 72.0 Å². The molecule has 0 atom stereocenters. The third-order valence-corrected chi connectivity index (χ3v) is 1.66. The van der Waals surface area contributed by atoms with Gasteiger partial charge < -0.3 is 23.6 Å². The van der Waals surface area contributed by atoms with Gasteiger partial charge in [0.25, 0.3) is 0 Å². The van der Waals surface area contributed by atoms with Gasteiger partial charge in [0.15, 0.2) is 5.78 Å². The van der Waals surface area contributed by atoms with Gasteiger partial charge >= 0.3 is 65.1 Å². The van der Waals surface area contributed by atoms with Gasteiger partial charge in [-0.3, -0.25) is 9.59 Å². The second-order valence-electron chi connectivity index (χ2n) is 2.34. The molecule has 0 saturated carbocycles. The van der Waals surface area contributed by atoms with Crippen molar-refractivity contribution in [3.8, 4) is 0 Å². The third kappa shape index (κ3) is 15.2. The number of Topliss-reactive ketones (excluding diaryl/α,β-unsaturated/α-hetero) is 1. The number of carbonyl (C=O) groups is 2. The van der Waals surface area contributed by atoms with E-state index in [4.69, 9.17) is 0 Å². The Bertz CT molecular complexity index is 264. The molecular formula is C6H9Na2O7P. The Balaban J connectivity index is -0.000000845. The normalized spacial score (nSPS) is 9.69. The van der Waals surface area contributed by atoms with Gasteiger partial charge in [0.1, 0.15) is 6.61 Å². The van der Waals surface area contributed by atoms with Gasteiger partial charge in [-0.1, -0.05) is 0 Å². The number of phosphoric ester groups is 1. The fourth-order valence-corrected chi connectivity index (χ4v) is 0.869. The maximum Gasteiger partial charge on any atom is 1.00 e. The van der Waals surface area contributed by atoms with Crippen LogP contribution in [0.25, 0.3) is 0 Å². The molecule has 0 heterocycles. The monoisotopic (exact) mass is 270 g/mol. The first-order valence-corrected chi connectivity index (χ1v) is 5.06. The summed E-state index contributed by atoms with van der Waals surface area (Å²) in [6.45, 7) is -0.832. The van der Waals surface area contributed by atoms with Crippen LogP contribution in [-0.2, 0) is 23.4 Å². The molecule has 7 nitrogen and oxygen atoms in total. The van der Waals surface area contributed by atoms with Crippen LogP contribution in [0.1, 0.15) is 12.8 Å². The maximum atomic E-state index is 10.8. The molecule has 82 valence electrons. The smallest absolute Gasteiger partial charge is 0.790 e. The van der Waals surface area contributed by atoms with Crippen LogP contribution in [0.15, 0.2) is 0 Å². The van der Waals surface area contributed by atoms with Crippen molar-refractivity contribution in [2.45, 2.75) is 12.8 Å². The van der Waals surface area contributed by atoms with Gasteiger partial charge in [-0.05, 0) is 0 Å². The Hall–Kier alpha value is 1.25. The molecular weight excluding hydrogens is 261 g/mol. The van der Waals surface area contributed by atoms with Crippen molar-refractivity contribution in [3.05, 3.63) is 0 Å². The fourth-order valence-electron chi connectivity index (χ4n) is 0.567. The van der Waals surface area contributed by atoms with Gasteiger partial charge in [0, 0.05) is 6.42 Å². The SMILES string of the molecule is COC(=O)CCC(=O)COP(=O)([O-])[O-].[Na+].[Na+]. The maximum absolute atomic E-state index is 10.8. The van der Waals surface area contributed by atoms with Crippen molar-refractivity contribution in [2.24, 2.45) is 0 Å². The molecule has 0 radical (unpaired) electrons.